The Balaban J connectivity index is 0.000000210. The molecule has 4 radical (unpaired) electrons. The zero-order valence-corrected chi connectivity index (χ0v) is 14.0. The molecule has 0 aliphatic carbocycles. The van der Waals surface area contributed by atoms with Gasteiger partial charge in [0, 0.05) is 26.5 Å². The van der Waals surface area contributed by atoms with Crippen LogP contribution in [0.3, 0.4) is 0 Å². The number of halogens is 2. The number of hydrogen-bond donors (Lipinski definition) is 0. The van der Waals surface area contributed by atoms with E-state index in [9.17, 15) is 0 Å². The molecular formula is C8H10I2N2O2Pd. The van der Waals surface area contributed by atoms with Crippen LogP contribution >= 0.6 is 39.0 Å². The summed E-state index contributed by atoms with van der Waals surface area (Å²) < 4.78 is 9.10. The van der Waals surface area contributed by atoms with Gasteiger partial charge in [-0.05, 0) is 0 Å². The quantitative estimate of drug-likeness (QED) is 0.358. The Morgan fingerprint density at radius 3 is 1.40 bits per heavy atom. The van der Waals surface area contributed by atoms with Gasteiger partial charge in [0.15, 0.2) is 0 Å². The number of rotatable bonds is 0. The van der Waals surface area contributed by atoms with Gasteiger partial charge in [-0.1, -0.05) is 0 Å². The fourth-order valence-corrected chi connectivity index (χ4v) is 0.531. The zero-order valence-electron chi connectivity index (χ0n) is 8.09. The van der Waals surface area contributed by atoms with E-state index in [1.165, 1.54) is 0 Å². The van der Waals surface area contributed by atoms with Gasteiger partial charge < -0.3 is 19.3 Å². The van der Waals surface area contributed by atoms with Crippen molar-refractivity contribution in [1.82, 2.24) is 9.80 Å². The van der Waals surface area contributed by atoms with E-state index in [1.54, 1.807) is 34.7 Å². The van der Waals surface area contributed by atoms with Crippen LogP contribution in [0, 0.1) is 13.5 Å². The predicted octanol–water partition coefficient (Wildman–Crippen LogP) is 2.60. The summed E-state index contributed by atoms with van der Waals surface area (Å²) in [4.78, 5) is 3.42. The first-order valence-corrected chi connectivity index (χ1v) is 12.9. The molecule has 0 N–H and O–H groups in total. The van der Waals surface area contributed by atoms with Crippen LogP contribution in [0.5, 0.6) is 0 Å². The Labute approximate surface area is 120 Å². The molecule has 0 aromatic carbocycles. The molecule has 15 heavy (non-hydrogen) atoms. The second kappa shape index (κ2) is 11.3. The Morgan fingerprint density at radius 1 is 1.00 bits per heavy atom. The van der Waals surface area contributed by atoms with Gasteiger partial charge in [-0.15, -0.1) is 0 Å². The van der Waals surface area contributed by atoms with Gasteiger partial charge in [-0.25, -0.2) is 0 Å². The van der Waals surface area contributed by atoms with E-state index in [4.69, 9.17) is 0 Å². The van der Waals surface area contributed by atoms with Crippen molar-refractivity contribution in [3.8, 4) is 0 Å². The summed E-state index contributed by atoms with van der Waals surface area (Å²) >= 11 is 4.65. The Bertz CT molecular complexity index is 185. The van der Waals surface area contributed by atoms with Crippen LogP contribution in [0.1, 0.15) is 0 Å². The molecule has 2 aliphatic heterocycles. The third kappa shape index (κ3) is 11.1. The van der Waals surface area contributed by atoms with E-state index in [0.29, 0.717) is 0 Å². The second-order valence-electron chi connectivity index (χ2n) is 2.26. The molecule has 0 atom stereocenters. The molecule has 0 aromatic rings. The van der Waals surface area contributed by atoms with E-state index < -0.39 is 0 Å². The molecule has 0 amide bonds. The van der Waals surface area contributed by atoms with E-state index >= 15 is 0 Å². The predicted molar refractivity (Wildman–Crippen MR) is 70.5 cm³/mol. The monoisotopic (exact) mass is 526 g/mol. The van der Waals surface area contributed by atoms with E-state index in [1.807, 2.05) is 14.1 Å². The molecule has 0 bridgehead atoms. The summed E-state index contributed by atoms with van der Waals surface area (Å²) in [7, 11) is 4.59. The molecule has 2 heterocycles. The summed E-state index contributed by atoms with van der Waals surface area (Å²) in [6, 6.07) is 0. The van der Waals surface area contributed by atoms with Gasteiger partial charge in [0.1, 0.15) is 12.5 Å². The van der Waals surface area contributed by atoms with Crippen LogP contribution in [0.25, 0.3) is 0 Å². The van der Waals surface area contributed by atoms with Crippen molar-refractivity contribution >= 4 is 39.0 Å². The first kappa shape index (κ1) is 15.8. The Kier molecular flexibility index (Phi) is 11.9. The summed E-state index contributed by atoms with van der Waals surface area (Å²) in [6.45, 7) is 5.08. The Morgan fingerprint density at radius 2 is 1.33 bits per heavy atom. The van der Waals surface area contributed by atoms with E-state index in [2.05, 4.69) is 62.0 Å². The van der Waals surface area contributed by atoms with Crippen molar-refractivity contribution in [2.24, 2.45) is 0 Å². The standard InChI is InChI=1S/2C4H5NO.2HI.Pd/c2*1-5-2-3-6-4-5;;;/h2*2-3H,1H3;2*1H;/q;;;;+2/p-2. The Hall–Kier alpha value is 0.802. The van der Waals surface area contributed by atoms with Gasteiger partial charge in [-0.2, -0.15) is 0 Å². The molecular weight excluding hydrogens is 516 g/mol. The average Bonchev–Trinajstić information content (AvgIpc) is 2.81. The fraction of sp³-hybridized carbons (Fsp3) is 0.250. The van der Waals surface area contributed by atoms with E-state index in [-0.39, 0.29) is 0 Å². The summed E-state index contributed by atoms with van der Waals surface area (Å²) in [6.07, 6.45) is 6.69. The summed E-state index contributed by atoms with van der Waals surface area (Å²) in [5.41, 5.74) is 0. The third-order valence-corrected chi connectivity index (χ3v) is 1.10. The number of hydrogen-bond acceptors (Lipinski definition) is 4. The third-order valence-electron chi connectivity index (χ3n) is 1.10. The number of nitrogens with zero attached hydrogens (tertiary/aromatic N) is 2. The molecule has 0 saturated heterocycles. The van der Waals surface area contributed by atoms with Crippen LogP contribution in [-0.2, 0) is 20.2 Å². The van der Waals surface area contributed by atoms with Crippen LogP contribution in [0.4, 0.5) is 0 Å². The molecule has 2 aliphatic rings. The van der Waals surface area contributed by atoms with Crippen molar-refractivity contribution in [2.45, 2.75) is 0 Å². The second-order valence-corrected chi connectivity index (χ2v) is 14.2. The minimum absolute atomic E-state index is 0.890. The van der Waals surface area contributed by atoms with Gasteiger partial charge in [0.05, 0.1) is 0 Å². The van der Waals surface area contributed by atoms with Crippen LogP contribution in [0.2, 0.25) is 0 Å². The first-order valence-electron chi connectivity index (χ1n) is 3.64. The van der Waals surface area contributed by atoms with Gasteiger partial charge in [0.25, 0.3) is 0 Å². The fourth-order valence-electron chi connectivity index (χ4n) is 0.531. The topological polar surface area (TPSA) is 24.9 Å². The SMILES string of the molecule is CN1[C]OC=C1.CN1[C]OC=C1.[I][Pd][I]. The van der Waals surface area contributed by atoms with Crippen LogP contribution < -0.4 is 0 Å². The molecule has 0 unspecified atom stereocenters. The molecule has 0 fully saturated rings. The van der Waals surface area contributed by atoms with Gasteiger partial charge in [-0.3, -0.25) is 0 Å². The summed E-state index contributed by atoms with van der Waals surface area (Å²) in [5.74, 6) is 0. The van der Waals surface area contributed by atoms with Gasteiger partial charge in [0.2, 0.25) is 0 Å². The van der Waals surface area contributed by atoms with Crippen molar-refractivity contribution in [2.75, 3.05) is 14.1 Å². The molecule has 7 heteroatoms. The molecule has 0 spiro atoms. The maximum atomic E-state index is 4.55. The maximum absolute atomic E-state index is 4.55. The number of ether oxygens (including phenoxy) is 2. The first-order chi connectivity index (χ1) is 7.20. The van der Waals surface area contributed by atoms with Gasteiger partial charge >= 0.3 is 63.2 Å². The normalized spacial score (nSPS) is 16.3. The van der Waals surface area contributed by atoms with E-state index in [0.717, 1.165) is 10.8 Å². The minimum atomic E-state index is 0.890. The molecule has 2 rings (SSSR count). The molecule has 0 aromatic heterocycles. The van der Waals surface area contributed by atoms with Crippen molar-refractivity contribution in [3.63, 3.8) is 0 Å². The van der Waals surface area contributed by atoms with Crippen molar-refractivity contribution in [1.29, 1.82) is 0 Å². The molecule has 4 nitrogen and oxygen atoms in total. The van der Waals surface area contributed by atoms with Crippen molar-refractivity contribution in [3.05, 3.63) is 38.4 Å². The average molecular weight is 526 g/mol. The van der Waals surface area contributed by atoms with Crippen molar-refractivity contribution < 1.29 is 20.2 Å². The van der Waals surface area contributed by atoms with Crippen LogP contribution in [0.15, 0.2) is 24.9 Å². The molecule has 0 saturated carbocycles. The zero-order chi connectivity index (χ0) is 11.5. The molecule has 88 valence electrons. The summed E-state index contributed by atoms with van der Waals surface area (Å²) in [5, 5.41) is 0. The van der Waals surface area contributed by atoms with Crippen LogP contribution in [-0.4, -0.2) is 23.9 Å².